The standard InChI is InChI=1S/C18H23F3N2O2/c1-2-3-4-8-11-15-13-17(25,18(19,20)21)23(22-15)16(24)12-14-9-6-5-7-10-14/h5-7,9-10,25H,2-4,8,11-13H2,1H3/t17-/m0/s1. The van der Waals surface area contributed by atoms with E-state index in [0.717, 1.165) is 19.3 Å². The molecule has 0 aromatic heterocycles. The highest BCUT2D eigenvalue weighted by Crippen LogP contribution is 2.41. The summed E-state index contributed by atoms with van der Waals surface area (Å²) in [6.45, 7) is 2.04. The highest BCUT2D eigenvalue weighted by molar-refractivity contribution is 5.91. The van der Waals surface area contributed by atoms with Crippen LogP contribution in [0.3, 0.4) is 0 Å². The smallest absolute Gasteiger partial charge is 0.362 e. The maximum atomic E-state index is 13.4. The lowest BCUT2D eigenvalue weighted by Crippen LogP contribution is -2.57. The Morgan fingerprint density at radius 2 is 1.92 bits per heavy atom. The van der Waals surface area contributed by atoms with Crippen molar-refractivity contribution in [1.29, 1.82) is 0 Å². The van der Waals surface area contributed by atoms with Crippen LogP contribution in [0, 0.1) is 0 Å². The van der Waals surface area contributed by atoms with E-state index in [2.05, 4.69) is 5.10 Å². The van der Waals surface area contributed by atoms with Crippen molar-refractivity contribution in [3.63, 3.8) is 0 Å². The third-order valence-corrected chi connectivity index (χ3v) is 4.25. The summed E-state index contributed by atoms with van der Waals surface area (Å²) in [6.07, 6.45) is -1.94. The van der Waals surface area contributed by atoms with Gasteiger partial charge in [0.2, 0.25) is 5.91 Å². The molecule has 1 atom stereocenters. The molecule has 0 saturated heterocycles. The molecule has 1 aliphatic rings. The predicted octanol–water partition coefficient (Wildman–Crippen LogP) is 4.04. The number of hydrazone groups is 1. The van der Waals surface area contributed by atoms with Crippen LogP contribution in [0.25, 0.3) is 0 Å². The molecular weight excluding hydrogens is 333 g/mol. The van der Waals surface area contributed by atoms with E-state index in [9.17, 15) is 23.1 Å². The van der Waals surface area contributed by atoms with Gasteiger partial charge in [-0.05, 0) is 18.4 Å². The van der Waals surface area contributed by atoms with E-state index in [0.29, 0.717) is 18.4 Å². The minimum Gasteiger partial charge on any atom is -0.362 e. The predicted molar refractivity (Wildman–Crippen MR) is 88.8 cm³/mol. The Balaban J connectivity index is 2.14. The molecule has 0 saturated carbocycles. The fourth-order valence-electron chi connectivity index (χ4n) is 2.84. The van der Waals surface area contributed by atoms with Gasteiger partial charge in [-0.3, -0.25) is 4.79 Å². The van der Waals surface area contributed by atoms with Crippen molar-refractivity contribution in [3.05, 3.63) is 35.9 Å². The van der Waals surface area contributed by atoms with Crippen molar-refractivity contribution in [2.24, 2.45) is 5.10 Å². The van der Waals surface area contributed by atoms with E-state index < -0.39 is 24.2 Å². The van der Waals surface area contributed by atoms with E-state index in [-0.39, 0.29) is 17.1 Å². The molecule has 1 heterocycles. The van der Waals surface area contributed by atoms with Gasteiger partial charge in [-0.1, -0.05) is 56.5 Å². The number of carbonyl (C=O) groups excluding carboxylic acids is 1. The van der Waals surface area contributed by atoms with Crippen LogP contribution in [-0.2, 0) is 11.2 Å². The third kappa shape index (κ3) is 4.60. The first-order valence-electron chi connectivity index (χ1n) is 8.50. The molecule has 1 amide bonds. The number of halogens is 3. The molecule has 0 aliphatic carbocycles. The summed E-state index contributed by atoms with van der Waals surface area (Å²) in [5.41, 5.74) is -2.46. The van der Waals surface area contributed by atoms with E-state index >= 15 is 0 Å². The van der Waals surface area contributed by atoms with Crippen molar-refractivity contribution < 1.29 is 23.1 Å². The average Bonchev–Trinajstić information content (AvgIpc) is 2.91. The topological polar surface area (TPSA) is 52.9 Å². The lowest BCUT2D eigenvalue weighted by molar-refractivity contribution is -0.302. The van der Waals surface area contributed by atoms with Gasteiger partial charge in [0, 0.05) is 12.1 Å². The second-order valence-corrected chi connectivity index (χ2v) is 6.34. The molecule has 0 radical (unpaired) electrons. The number of hydrogen-bond donors (Lipinski definition) is 1. The molecule has 0 fully saturated rings. The average molecular weight is 356 g/mol. The molecule has 1 aromatic rings. The first-order chi connectivity index (χ1) is 11.8. The molecular formula is C18H23F3N2O2. The van der Waals surface area contributed by atoms with Gasteiger partial charge in [0.25, 0.3) is 5.72 Å². The zero-order chi connectivity index (χ0) is 18.5. The normalized spacial score (nSPS) is 20.7. The second-order valence-electron chi connectivity index (χ2n) is 6.34. The number of unbranched alkanes of at least 4 members (excludes halogenated alkanes) is 3. The minimum absolute atomic E-state index is 0.220. The van der Waals surface area contributed by atoms with E-state index in [1.807, 2.05) is 6.92 Å². The SMILES string of the molecule is CCCCCCC1=NN(C(=O)Cc2ccccc2)[C@@](O)(C(F)(F)F)C1. The fourth-order valence-corrected chi connectivity index (χ4v) is 2.84. The molecule has 0 spiro atoms. The number of carbonyl (C=O) groups is 1. The lowest BCUT2D eigenvalue weighted by atomic mass is 10.0. The van der Waals surface area contributed by atoms with Crippen LogP contribution in [0.4, 0.5) is 13.2 Å². The van der Waals surface area contributed by atoms with Gasteiger partial charge in [0.1, 0.15) is 0 Å². The van der Waals surface area contributed by atoms with Crippen LogP contribution in [-0.4, -0.2) is 33.6 Å². The second kappa shape index (κ2) is 7.99. The number of benzene rings is 1. The van der Waals surface area contributed by atoms with Crippen molar-refractivity contribution in [2.75, 3.05) is 0 Å². The quantitative estimate of drug-likeness (QED) is 0.750. The maximum absolute atomic E-state index is 13.4. The number of aliphatic hydroxyl groups is 1. The number of amides is 1. The molecule has 25 heavy (non-hydrogen) atoms. The van der Waals surface area contributed by atoms with Gasteiger partial charge >= 0.3 is 6.18 Å². The molecule has 2 rings (SSSR count). The summed E-state index contributed by atoms with van der Waals surface area (Å²) in [4.78, 5) is 12.4. The summed E-state index contributed by atoms with van der Waals surface area (Å²) in [6, 6.07) is 8.45. The van der Waals surface area contributed by atoms with Crippen molar-refractivity contribution >= 4 is 11.6 Å². The molecule has 7 heteroatoms. The maximum Gasteiger partial charge on any atom is 0.438 e. The monoisotopic (exact) mass is 356 g/mol. The summed E-state index contributed by atoms with van der Waals surface area (Å²) < 4.78 is 40.2. The Kier molecular flexibility index (Phi) is 6.21. The van der Waals surface area contributed by atoms with Gasteiger partial charge in [-0.2, -0.15) is 23.3 Å². The Morgan fingerprint density at radius 3 is 2.52 bits per heavy atom. The summed E-state index contributed by atoms with van der Waals surface area (Å²) in [7, 11) is 0. The largest absolute Gasteiger partial charge is 0.438 e. The number of rotatable bonds is 7. The molecule has 0 unspecified atom stereocenters. The molecule has 4 nitrogen and oxygen atoms in total. The van der Waals surface area contributed by atoms with Gasteiger partial charge in [-0.15, -0.1) is 0 Å². The number of hydrogen-bond acceptors (Lipinski definition) is 3. The van der Waals surface area contributed by atoms with Crippen LogP contribution < -0.4 is 0 Å². The highest BCUT2D eigenvalue weighted by atomic mass is 19.4. The van der Waals surface area contributed by atoms with Gasteiger partial charge in [-0.25, -0.2) is 0 Å². The first-order valence-corrected chi connectivity index (χ1v) is 8.50. The van der Waals surface area contributed by atoms with Gasteiger partial charge < -0.3 is 5.11 Å². The van der Waals surface area contributed by atoms with Crippen molar-refractivity contribution in [2.45, 2.75) is 63.8 Å². The van der Waals surface area contributed by atoms with Crippen LogP contribution in [0.15, 0.2) is 35.4 Å². The fraction of sp³-hybridized carbons (Fsp3) is 0.556. The molecule has 0 bridgehead atoms. The van der Waals surface area contributed by atoms with Gasteiger partial charge in [0.05, 0.1) is 6.42 Å². The Bertz CT molecular complexity index is 616. The summed E-state index contributed by atoms with van der Waals surface area (Å²) in [5.74, 6) is -0.866. The van der Waals surface area contributed by atoms with E-state index in [1.54, 1.807) is 30.3 Å². The summed E-state index contributed by atoms with van der Waals surface area (Å²) >= 11 is 0. The van der Waals surface area contributed by atoms with Crippen molar-refractivity contribution in [1.82, 2.24) is 5.01 Å². The Hall–Kier alpha value is -1.89. The number of nitrogens with zero attached hydrogens (tertiary/aromatic N) is 2. The molecule has 1 N–H and O–H groups in total. The minimum atomic E-state index is -4.96. The van der Waals surface area contributed by atoms with Crippen LogP contribution in [0.5, 0.6) is 0 Å². The zero-order valence-corrected chi connectivity index (χ0v) is 14.2. The molecule has 138 valence electrons. The molecule has 1 aromatic carbocycles. The number of alkyl halides is 3. The van der Waals surface area contributed by atoms with Crippen LogP contribution >= 0.6 is 0 Å². The molecule has 1 aliphatic heterocycles. The first kappa shape index (κ1) is 19.4. The lowest BCUT2D eigenvalue weighted by Gasteiger charge is -2.32. The van der Waals surface area contributed by atoms with Crippen LogP contribution in [0.1, 0.15) is 51.0 Å². The highest BCUT2D eigenvalue weighted by Gasteiger charge is 2.62. The van der Waals surface area contributed by atoms with Crippen molar-refractivity contribution in [3.8, 4) is 0 Å². The Morgan fingerprint density at radius 1 is 1.24 bits per heavy atom. The van der Waals surface area contributed by atoms with E-state index in [4.69, 9.17) is 0 Å². The van der Waals surface area contributed by atoms with E-state index in [1.165, 1.54) is 0 Å². The van der Waals surface area contributed by atoms with Gasteiger partial charge in [0.15, 0.2) is 0 Å². The third-order valence-electron chi connectivity index (χ3n) is 4.25. The summed E-state index contributed by atoms with van der Waals surface area (Å²) in [5, 5.41) is 14.2. The van der Waals surface area contributed by atoms with Crippen LogP contribution in [0.2, 0.25) is 0 Å². The zero-order valence-electron chi connectivity index (χ0n) is 14.2. The Labute approximate surface area is 145 Å².